The Balaban J connectivity index is 2.68. The van der Waals surface area contributed by atoms with E-state index in [1.807, 2.05) is 5.32 Å². The Morgan fingerprint density at radius 2 is 1.95 bits per heavy atom. The number of carboxylic acids is 1. The Hall–Kier alpha value is -2.45. The lowest BCUT2D eigenvalue weighted by Gasteiger charge is -2.31. The summed E-state index contributed by atoms with van der Waals surface area (Å²) in [5, 5.41) is 13.0. The molecule has 0 spiro atoms. The lowest BCUT2D eigenvalue weighted by atomic mass is 9.89. The molecule has 3 N–H and O–H groups in total. The van der Waals surface area contributed by atoms with Gasteiger partial charge >= 0.3 is 12.0 Å². The van der Waals surface area contributed by atoms with E-state index < -0.39 is 47.6 Å². The number of carbonyl (C=O) groups excluding carboxylic acids is 4. The highest BCUT2D eigenvalue weighted by atomic mass is 16.4. The molecule has 116 valence electrons. The third-order valence-corrected chi connectivity index (χ3v) is 3.11. The van der Waals surface area contributed by atoms with Gasteiger partial charge in [-0.1, -0.05) is 0 Å². The highest BCUT2D eigenvalue weighted by Crippen LogP contribution is 2.20. The van der Waals surface area contributed by atoms with E-state index in [0.29, 0.717) is 0 Å². The number of urea groups is 1. The monoisotopic (exact) mass is 299 g/mol. The largest absolute Gasteiger partial charge is 0.481 e. The Bertz CT molecular complexity index is 513. The number of hydrogen-bond acceptors (Lipinski definition) is 5. The smallest absolute Gasteiger partial charge is 0.325 e. The molecule has 0 aromatic rings. The number of nitrogens with one attached hydrogen (secondary N) is 2. The molecule has 1 rings (SSSR count). The van der Waals surface area contributed by atoms with Gasteiger partial charge in [0, 0.05) is 6.42 Å². The van der Waals surface area contributed by atoms with Crippen molar-refractivity contribution >= 4 is 29.7 Å². The van der Waals surface area contributed by atoms with Crippen molar-refractivity contribution in [3.05, 3.63) is 0 Å². The Morgan fingerprint density at radius 1 is 1.38 bits per heavy atom. The van der Waals surface area contributed by atoms with Crippen molar-refractivity contribution in [1.82, 2.24) is 15.5 Å². The maximum atomic E-state index is 11.9. The summed E-state index contributed by atoms with van der Waals surface area (Å²) < 4.78 is 0. The number of imide groups is 2. The van der Waals surface area contributed by atoms with Gasteiger partial charge in [-0.3, -0.25) is 29.8 Å². The Morgan fingerprint density at radius 3 is 2.48 bits per heavy atom. The van der Waals surface area contributed by atoms with Crippen LogP contribution in [0.5, 0.6) is 0 Å². The molecule has 9 heteroatoms. The van der Waals surface area contributed by atoms with Gasteiger partial charge in [-0.15, -0.1) is 0 Å². The van der Waals surface area contributed by atoms with E-state index in [1.165, 1.54) is 20.8 Å². The number of aliphatic carboxylic acids is 1. The topological polar surface area (TPSA) is 133 Å². The molecule has 1 heterocycles. The van der Waals surface area contributed by atoms with E-state index in [0.717, 1.165) is 4.90 Å². The van der Waals surface area contributed by atoms with Gasteiger partial charge in [-0.25, -0.2) is 4.79 Å². The summed E-state index contributed by atoms with van der Waals surface area (Å²) in [6.07, 6.45) is -0.406. The molecular weight excluding hydrogens is 282 g/mol. The van der Waals surface area contributed by atoms with Crippen LogP contribution in [0.15, 0.2) is 0 Å². The number of piperazine rings is 1. The zero-order valence-electron chi connectivity index (χ0n) is 11.9. The highest BCUT2D eigenvalue weighted by Gasteiger charge is 2.35. The first-order valence-electron chi connectivity index (χ1n) is 6.22. The maximum Gasteiger partial charge on any atom is 0.325 e. The standard InChI is InChI=1S/C12H17N3O6/c1-6-9(18)13-8(17)5-15(6)11(21)14-7(16)4-12(2,3)10(19)20/h6H,4-5H2,1-3H3,(H,19,20)(H,13,17,18)(H,14,16,21). The second-order valence-corrected chi connectivity index (χ2v) is 5.44. The lowest BCUT2D eigenvalue weighted by Crippen LogP contribution is -2.61. The first-order valence-corrected chi connectivity index (χ1v) is 6.22. The van der Waals surface area contributed by atoms with Crippen LogP contribution in [-0.4, -0.2) is 52.3 Å². The molecule has 1 atom stereocenters. The van der Waals surface area contributed by atoms with Crippen molar-refractivity contribution in [3.8, 4) is 0 Å². The van der Waals surface area contributed by atoms with Gasteiger partial charge < -0.3 is 10.0 Å². The quantitative estimate of drug-likeness (QED) is 0.577. The number of amides is 5. The van der Waals surface area contributed by atoms with Crippen LogP contribution in [0.4, 0.5) is 4.79 Å². The second kappa shape index (κ2) is 5.90. The maximum absolute atomic E-state index is 11.9. The van der Waals surface area contributed by atoms with Crippen LogP contribution >= 0.6 is 0 Å². The molecule has 21 heavy (non-hydrogen) atoms. The van der Waals surface area contributed by atoms with Gasteiger partial charge in [-0.2, -0.15) is 0 Å². The van der Waals surface area contributed by atoms with Crippen LogP contribution in [-0.2, 0) is 19.2 Å². The van der Waals surface area contributed by atoms with Crippen LogP contribution in [0.1, 0.15) is 27.2 Å². The van der Waals surface area contributed by atoms with Crippen molar-refractivity contribution in [1.29, 1.82) is 0 Å². The summed E-state index contributed by atoms with van der Waals surface area (Å²) in [6, 6.07) is -1.81. The van der Waals surface area contributed by atoms with Crippen LogP contribution in [0.3, 0.4) is 0 Å². The number of nitrogens with zero attached hydrogens (tertiary/aromatic N) is 1. The molecule has 0 aromatic carbocycles. The highest BCUT2D eigenvalue weighted by molar-refractivity contribution is 6.06. The molecule has 0 aromatic heterocycles. The number of carbonyl (C=O) groups is 5. The van der Waals surface area contributed by atoms with E-state index in [1.54, 1.807) is 0 Å². The molecule has 1 aliphatic heterocycles. The van der Waals surface area contributed by atoms with Gasteiger partial charge in [-0.05, 0) is 20.8 Å². The van der Waals surface area contributed by atoms with Crippen molar-refractivity contribution in [2.24, 2.45) is 5.41 Å². The molecular formula is C12H17N3O6. The summed E-state index contributed by atoms with van der Waals surface area (Å²) in [5.41, 5.74) is -1.33. The average molecular weight is 299 g/mol. The molecule has 0 bridgehead atoms. The normalized spacial score (nSPS) is 19.0. The van der Waals surface area contributed by atoms with E-state index in [9.17, 15) is 24.0 Å². The molecule has 1 fully saturated rings. The third kappa shape index (κ3) is 4.01. The summed E-state index contributed by atoms with van der Waals surface area (Å²) >= 11 is 0. The molecule has 9 nitrogen and oxygen atoms in total. The van der Waals surface area contributed by atoms with Crippen LogP contribution in [0.2, 0.25) is 0 Å². The van der Waals surface area contributed by atoms with Gasteiger partial charge in [0.2, 0.25) is 17.7 Å². The zero-order valence-corrected chi connectivity index (χ0v) is 11.9. The molecule has 1 unspecified atom stereocenters. The first-order chi connectivity index (χ1) is 9.54. The predicted molar refractivity (Wildman–Crippen MR) is 68.9 cm³/mol. The SMILES string of the molecule is CC1C(=O)NC(=O)CN1C(=O)NC(=O)CC(C)(C)C(=O)O. The number of hydrogen-bond donors (Lipinski definition) is 3. The fourth-order valence-corrected chi connectivity index (χ4v) is 1.67. The minimum absolute atomic E-state index is 0.353. The summed E-state index contributed by atoms with van der Waals surface area (Å²) in [4.78, 5) is 58.0. The molecule has 1 aliphatic rings. The molecule has 0 radical (unpaired) electrons. The summed E-state index contributed by atoms with van der Waals surface area (Å²) in [7, 11) is 0. The van der Waals surface area contributed by atoms with Crippen LogP contribution in [0, 0.1) is 5.41 Å². The molecule has 0 saturated carbocycles. The zero-order chi connectivity index (χ0) is 16.4. The van der Waals surface area contributed by atoms with Gasteiger partial charge in [0.15, 0.2) is 0 Å². The van der Waals surface area contributed by atoms with Crippen molar-refractivity contribution in [3.63, 3.8) is 0 Å². The fourth-order valence-electron chi connectivity index (χ4n) is 1.67. The predicted octanol–water partition coefficient (Wildman–Crippen LogP) is -0.930. The fraction of sp³-hybridized carbons (Fsp3) is 0.583. The van der Waals surface area contributed by atoms with Crippen LogP contribution in [0.25, 0.3) is 0 Å². The van der Waals surface area contributed by atoms with Crippen molar-refractivity contribution in [2.75, 3.05) is 6.54 Å². The molecule has 1 saturated heterocycles. The Labute approximate surface area is 120 Å². The third-order valence-electron chi connectivity index (χ3n) is 3.11. The average Bonchev–Trinajstić information content (AvgIpc) is 2.32. The second-order valence-electron chi connectivity index (χ2n) is 5.44. The number of rotatable bonds is 3. The van der Waals surface area contributed by atoms with Crippen molar-refractivity contribution < 1.29 is 29.1 Å². The van der Waals surface area contributed by atoms with Crippen molar-refractivity contribution in [2.45, 2.75) is 33.2 Å². The van der Waals surface area contributed by atoms with Gasteiger partial charge in [0.1, 0.15) is 12.6 Å². The minimum Gasteiger partial charge on any atom is -0.481 e. The van der Waals surface area contributed by atoms with E-state index >= 15 is 0 Å². The Kier molecular flexibility index (Phi) is 4.66. The van der Waals surface area contributed by atoms with E-state index in [4.69, 9.17) is 5.11 Å². The number of carboxylic acid groups (broad SMARTS) is 1. The summed E-state index contributed by atoms with van der Waals surface area (Å²) in [5.74, 6) is -3.25. The van der Waals surface area contributed by atoms with Gasteiger partial charge in [0.25, 0.3) is 0 Å². The molecule has 5 amide bonds. The van der Waals surface area contributed by atoms with E-state index in [-0.39, 0.29) is 6.54 Å². The van der Waals surface area contributed by atoms with Gasteiger partial charge in [0.05, 0.1) is 5.41 Å². The molecule has 0 aliphatic carbocycles. The lowest BCUT2D eigenvalue weighted by molar-refractivity contribution is -0.149. The van der Waals surface area contributed by atoms with Crippen LogP contribution < -0.4 is 10.6 Å². The summed E-state index contributed by atoms with van der Waals surface area (Å²) in [6.45, 7) is 3.75. The van der Waals surface area contributed by atoms with E-state index in [2.05, 4.69) is 5.32 Å². The minimum atomic E-state index is -1.33. The first kappa shape index (κ1) is 16.6.